The summed E-state index contributed by atoms with van der Waals surface area (Å²) in [5.74, 6) is 0.308. The minimum atomic E-state index is -4.51. The number of nitrogens with zero attached hydrogens (tertiary/aromatic N) is 4. The first-order valence-electron chi connectivity index (χ1n) is 9.72. The number of anilines is 2. The maximum absolute atomic E-state index is 12.9. The van der Waals surface area contributed by atoms with Crippen LogP contribution in [-0.2, 0) is 6.18 Å². The minimum Gasteiger partial charge on any atom is -0.507 e. The lowest BCUT2D eigenvalue weighted by Gasteiger charge is -2.41. The van der Waals surface area contributed by atoms with E-state index in [4.69, 9.17) is 0 Å². The average Bonchev–Trinajstić information content (AvgIpc) is 2.68. The van der Waals surface area contributed by atoms with Crippen LogP contribution < -0.4 is 10.2 Å². The van der Waals surface area contributed by atoms with Gasteiger partial charge in [0.05, 0.1) is 11.3 Å². The summed E-state index contributed by atoms with van der Waals surface area (Å²) < 4.78 is 38.7. The molecule has 1 aromatic carbocycles. The molecule has 0 aliphatic carbocycles. The fraction of sp³-hybridized carbons (Fsp3) is 0.500. The number of alkyl halides is 3. The third-order valence-corrected chi connectivity index (χ3v) is 5.75. The zero-order valence-corrected chi connectivity index (χ0v) is 16.4. The minimum absolute atomic E-state index is 0.238. The Morgan fingerprint density at radius 1 is 1.21 bits per heavy atom. The van der Waals surface area contributed by atoms with Gasteiger partial charge >= 0.3 is 6.18 Å². The topological polar surface area (TPSA) is 64.5 Å². The molecule has 9 heteroatoms. The van der Waals surface area contributed by atoms with Gasteiger partial charge in [0.1, 0.15) is 11.4 Å². The van der Waals surface area contributed by atoms with E-state index >= 15 is 0 Å². The number of halogens is 3. The number of aromatic hydroxyl groups is 1. The number of likely N-dealkylation sites (N-methyl/N-ethyl adjacent to an activating group) is 1. The van der Waals surface area contributed by atoms with E-state index in [0.717, 1.165) is 68.2 Å². The van der Waals surface area contributed by atoms with E-state index in [2.05, 4.69) is 32.4 Å². The average molecular weight is 407 g/mol. The first-order chi connectivity index (χ1) is 13.8. The molecule has 0 spiro atoms. The van der Waals surface area contributed by atoms with Crippen LogP contribution in [0, 0.1) is 6.92 Å². The predicted molar refractivity (Wildman–Crippen MR) is 105 cm³/mol. The summed E-state index contributed by atoms with van der Waals surface area (Å²) in [4.78, 5) is 4.59. The van der Waals surface area contributed by atoms with Gasteiger partial charge < -0.3 is 20.2 Å². The first kappa shape index (κ1) is 19.8. The number of fused-ring (bicyclic) bond motifs is 1. The molecule has 2 aliphatic rings. The molecule has 0 saturated carbocycles. The Labute approximate surface area is 167 Å². The Hall–Kier alpha value is -2.55. The van der Waals surface area contributed by atoms with Crippen molar-refractivity contribution in [3.63, 3.8) is 0 Å². The number of phenols is 1. The fourth-order valence-corrected chi connectivity index (χ4v) is 4.24. The largest absolute Gasteiger partial charge is 0.507 e. The third kappa shape index (κ3) is 3.71. The van der Waals surface area contributed by atoms with Gasteiger partial charge in [-0.1, -0.05) is 0 Å². The van der Waals surface area contributed by atoms with E-state index in [1.807, 2.05) is 6.92 Å². The zero-order chi connectivity index (χ0) is 20.8. The highest BCUT2D eigenvalue weighted by Gasteiger charge is 2.33. The molecule has 1 aromatic heterocycles. The SMILES string of the molecule is Cc1c(-c2ccc(C(F)(F)F)cc2O)nnc2c1NCCN2[C@@H]1CCCN(C)C1. The van der Waals surface area contributed by atoms with E-state index in [1.54, 1.807) is 0 Å². The standard InChI is InChI=1S/C20H24F3N5O/c1-12-17(15-6-5-13(10-16(15)29)20(21,22)23)25-26-19-18(12)24-7-9-28(19)14-4-3-8-27(2)11-14/h5-6,10,14,24,29H,3-4,7-9,11H2,1-2H3/t14-/m1/s1. The number of rotatable bonds is 2. The van der Waals surface area contributed by atoms with Crippen LogP contribution in [-0.4, -0.2) is 59.5 Å². The maximum atomic E-state index is 12.9. The van der Waals surface area contributed by atoms with Gasteiger partial charge in [0.2, 0.25) is 0 Å². The molecule has 0 amide bonds. The molecule has 156 valence electrons. The predicted octanol–water partition coefficient (Wildman–Crippen LogP) is 3.50. The number of benzene rings is 1. The van der Waals surface area contributed by atoms with E-state index in [-0.39, 0.29) is 5.56 Å². The summed E-state index contributed by atoms with van der Waals surface area (Å²) in [7, 11) is 2.11. The highest BCUT2D eigenvalue weighted by molar-refractivity contribution is 5.80. The highest BCUT2D eigenvalue weighted by atomic mass is 19.4. The number of phenolic OH excluding ortho intramolecular Hbond substituents is 1. The molecule has 6 nitrogen and oxygen atoms in total. The molecule has 29 heavy (non-hydrogen) atoms. The molecule has 2 aliphatic heterocycles. The Balaban J connectivity index is 1.70. The van der Waals surface area contributed by atoms with E-state index in [1.165, 1.54) is 6.07 Å². The molecule has 1 saturated heterocycles. The van der Waals surface area contributed by atoms with Crippen LogP contribution >= 0.6 is 0 Å². The van der Waals surface area contributed by atoms with Crippen molar-refractivity contribution in [2.45, 2.75) is 32.0 Å². The zero-order valence-electron chi connectivity index (χ0n) is 16.4. The van der Waals surface area contributed by atoms with Gasteiger partial charge in [-0.05, 0) is 51.6 Å². The molecule has 2 aromatic rings. The van der Waals surface area contributed by atoms with Crippen LogP contribution in [0.3, 0.4) is 0 Å². The maximum Gasteiger partial charge on any atom is 0.416 e. The molecule has 3 heterocycles. The molecule has 2 N–H and O–H groups in total. The molecule has 0 unspecified atom stereocenters. The molecule has 1 fully saturated rings. The second-order valence-corrected chi connectivity index (χ2v) is 7.78. The van der Waals surface area contributed by atoms with Gasteiger partial charge in [0.15, 0.2) is 5.82 Å². The van der Waals surface area contributed by atoms with Gasteiger partial charge in [0, 0.05) is 36.8 Å². The monoisotopic (exact) mass is 407 g/mol. The summed E-state index contributed by atoms with van der Waals surface area (Å²) in [5.41, 5.74) is 1.31. The summed E-state index contributed by atoms with van der Waals surface area (Å²) in [6, 6.07) is 3.28. The van der Waals surface area contributed by atoms with Crippen molar-refractivity contribution in [3.05, 3.63) is 29.3 Å². The van der Waals surface area contributed by atoms with Crippen molar-refractivity contribution in [2.75, 3.05) is 43.4 Å². The normalized spacial score (nSPS) is 20.3. The highest BCUT2D eigenvalue weighted by Crippen LogP contribution is 2.40. The Morgan fingerprint density at radius 2 is 2.00 bits per heavy atom. The van der Waals surface area contributed by atoms with Gasteiger partial charge in [-0.15, -0.1) is 10.2 Å². The summed E-state index contributed by atoms with van der Waals surface area (Å²) in [5, 5.41) is 22.3. The van der Waals surface area contributed by atoms with Gasteiger partial charge in [-0.3, -0.25) is 0 Å². The first-order valence-corrected chi connectivity index (χ1v) is 9.72. The Morgan fingerprint density at radius 3 is 2.69 bits per heavy atom. The summed E-state index contributed by atoms with van der Waals surface area (Å²) in [6.07, 6.45) is -2.29. The van der Waals surface area contributed by atoms with Gasteiger partial charge in [-0.25, -0.2) is 0 Å². The van der Waals surface area contributed by atoms with Crippen LogP contribution in [0.2, 0.25) is 0 Å². The van der Waals surface area contributed by atoms with E-state index in [9.17, 15) is 18.3 Å². The molecule has 1 atom stereocenters. The molecule has 4 rings (SSSR count). The van der Waals surface area contributed by atoms with Crippen molar-refractivity contribution >= 4 is 11.5 Å². The van der Waals surface area contributed by atoms with E-state index in [0.29, 0.717) is 11.7 Å². The van der Waals surface area contributed by atoms with Crippen LogP contribution in [0.5, 0.6) is 5.75 Å². The van der Waals surface area contributed by atoms with Gasteiger partial charge in [-0.2, -0.15) is 13.2 Å². The Kier molecular flexibility index (Phi) is 5.02. The van der Waals surface area contributed by atoms with Crippen LogP contribution in [0.25, 0.3) is 11.3 Å². The van der Waals surface area contributed by atoms with Crippen LogP contribution in [0.1, 0.15) is 24.0 Å². The second kappa shape index (κ2) is 7.37. The van der Waals surface area contributed by atoms with Crippen molar-refractivity contribution in [1.29, 1.82) is 0 Å². The van der Waals surface area contributed by atoms with Crippen LogP contribution in [0.15, 0.2) is 18.2 Å². The molecular weight excluding hydrogens is 383 g/mol. The summed E-state index contributed by atoms with van der Waals surface area (Å²) >= 11 is 0. The lowest BCUT2D eigenvalue weighted by molar-refractivity contribution is -0.137. The molecule has 0 radical (unpaired) electrons. The van der Waals surface area contributed by atoms with E-state index < -0.39 is 17.5 Å². The smallest absolute Gasteiger partial charge is 0.416 e. The number of hydrogen-bond donors (Lipinski definition) is 2. The number of hydrogen-bond acceptors (Lipinski definition) is 6. The fourth-order valence-electron chi connectivity index (χ4n) is 4.24. The lowest BCUT2D eigenvalue weighted by atomic mass is 10.0. The van der Waals surface area contributed by atoms with Crippen molar-refractivity contribution in [2.24, 2.45) is 0 Å². The number of nitrogens with one attached hydrogen (secondary N) is 1. The second-order valence-electron chi connectivity index (χ2n) is 7.78. The van der Waals surface area contributed by atoms with Crippen molar-refractivity contribution < 1.29 is 18.3 Å². The molecular formula is C20H24F3N5O. The number of likely N-dealkylation sites (tertiary alicyclic amines) is 1. The quantitative estimate of drug-likeness (QED) is 0.795. The third-order valence-electron chi connectivity index (χ3n) is 5.75. The van der Waals surface area contributed by atoms with Crippen molar-refractivity contribution in [3.8, 4) is 17.0 Å². The van der Waals surface area contributed by atoms with Crippen molar-refractivity contribution in [1.82, 2.24) is 15.1 Å². The number of piperidine rings is 1. The Bertz CT molecular complexity index is 918. The molecule has 0 bridgehead atoms. The van der Waals surface area contributed by atoms with Crippen LogP contribution in [0.4, 0.5) is 24.7 Å². The number of aromatic nitrogens is 2. The lowest BCUT2D eigenvalue weighted by Crippen LogP contribution is -2.50. The van der Waals surface area contributed by atoms with Gasteiger partial charge in [0.25, 0.3) is 0 Å². The summed E-state index contributed by atoms with van der Waals surface area (Å²) in [6.45, 7) is 5.47.